The van der Waals surface area contributed by atoms with E-state index in [9.17, 15) is 39.2 Å². The molecule has 0 saturated heterocycles. The number of nitrogens with zero attached hydrogens (tertiary/aromatic N) is 4. The Morgan fingerprint density at radius 3 is 2.24 bits per heavy atom. The number of rotatable bonds is 11. The van der Waals surface area contributed by atoms with Crippen molar-refractivity contribution >= 4 is 63.5 Å². The maximum absolute atomic E-state index is 13.2. The summed E-state index contributed by atoms with van der Waals surface area (Å²) in [5.41, 5.74) is 0.508. The Balaban J connectivity index is 0.000000298. The van der Waals surface area contributed by atoms with E-state index in [2.05, 4.69) is 20.7 Å². The van der Waals surface area contributed by atoms with Crippen molar-refractivity contribution in [2.45, 2.75) is 40.3 Å². The molecule has 1 heterocycles. The van der Waals surface area contributed by atoms with Gasteiger partial charge >= 0.3 is 11.9 Å². The number of carbonyl (C=O) groups is 5. The Morgan fingerprint density at radius 2 is 1.61 bits per heavy atom. The molecule has 54 heavy (non-hydrogen) atoms. The summed E-state index contributed by atoms with van der Waals surface area (Å²) in [7, 11) is 1.48. The highest BCUT2D eigenvalue weighted by molar-refractivity contribution is 6.34. The zero-order valence-electron chi connectivity index (χ0n) is 29.7. The lowest BCUT2D eigenvalue weighted by Crippen LogP contribution is -2.45. The number of hydrogen-bond acceptors (Lipinski definition) is 11. The van der Waals surface area contributed by atoms with Crippen LogP contribution in [0.25, 0.3) is 11.0 Å². The SMILES string of the molecule is CC(=O)N(C)Cc1cc([N+](=O)[O-])ccc1OC(C(=O)Nc1cc(C(=O)O)ccc1Cl)C(=O)C(C)(C)C.O=C(Oc1ccccc1)c1ccc2n[nH]nc2c1. The summed E-state index contributed by atoms with van der Waals surface area (Å²) in [6, 6.07) is 21.2. The quantitative estimate of drug-likeness (QED) is 0.0457. The van der Waals surface area contributed by atoms with Crippen LogP contribution in [0.3, 0.4) is 0 Å². The van der Waals surface area contributed by atoms with E-state index in [1.54, 1.807) is 51.1 Å². The number of aromatic amines is 1. The molecule has 3 N–H and O–H groups in total. The molecule has 0 bridgehead atoms. The number of esters is 1. The van der Waals surface area contributed by atoms with Crippen molar-refractivity contribution in [3.63, 3.8) is 0 Å². The molecule has 0 spiro atoms. The molecule has 5 rings (SSSR count). The van der Waals surface area contributed by atoms with E-state index in [1.807, 2.05) is 18.2 Å². The Labute approximate surface area is 313 Å². The van der Waals surface area contributed by atoms with Crippen molar-refractivity contribution in [3.05, 3.63) is 117 Å². The first kappa shape index (κ1) is 40.1. The molecule has 0 radical (unpaired) electrons. The van der Waals surface area contributed by atoms with Gasteiger partial charge in [-0.25, -0.2) is 9.59 Å². The molecule has 0 aliphatic carbocycles. The van der Waals surface area contributed by atoms with Crippen LogP contribution in [0.1, 0.15) is 54.0 Å². The minimum absolute atomic E-state index is 0.0168. The monoisotopic (exact) mass is 758 g/mol. The van der Waals surface area contributed by atoms with E-state index in [0.717, 1.165) is 12.1 Å². The third-order valence-electron chi connectivity index (χ3n) is 7.64. The predicted molar refractivity (Wildman–Crippen MR) is 196 cm³/mol. The zero-order valence-corrected chi connectivity index (χ0v) is 30.4. The van der Waals surface area contributed by atoms with Crippen LogP contribution < -0.4 is 14.8 Å². The number of nitro groups is 1. The molecule has 280 valence electrons. The second-order valence-electron chi connectivity index (χ2n) is 12.8. The highest BCUT2D eigenvalue weighted by atomic mass is 35.5. The molecule has 1 aromatic heterocycles. The smallest absolute Gasteiger partial charge is 0.343 e. The van der Waals surface area contributed by atoms with Crippen LogP contribution in [0.15, 0.2) is 84.9 Å². The van der Waals surface area contributed by atoms with Gasteiger partial charge in [0.05, 0.1) is 26.8 Å². The summed E-state index contributed by atoms with van der Waals surface area (Å²) in [6.45, 7) is 5.97. The van der Waals surface area contributed by atoms with Gasteiger partial charge in [0.2, 0.25) is 12.0 Å². The number of amides is 2. The van der Waals surface area contributed by atoms with Crippen molar-refractivity contribution < 1.29 is 43.5 Å². The molecular weight excluding hydrogens is 724 g/mol. The first-order valence-corrected chi connectivity index (χ1v) is 16.4. The molecule has 0 aliphatic rings. The molecule has 4 aromatic carbocycles. The van der Waals surface area contributed by atoms with E-state index in [4.69, 9.17) is 21.1 Å². The topological polar surface area (TPSA) is 224 Å². The summed E-state index contributed by atoms with van der Waals surface area (Å²) >= 11 is 6.10. The second-order valence-corrected chi connectivity index (χ2v) is 13.2. The number of H-pyrrole nitrogens is 1. The number of aromatic carboxylic acids is 1. The first-order chi connectivity index (χ1) is 25.4. The van der Waals surface area contributed by atoms with Gasteiger partial charge in [0.1, 0.15) is 22.5 Å². The first-order valence-electron chi connectivity index (χ1n) is 16.1. The molecule has 2 amide bonds. The second kappa shape index (κ2) is 17.2. The number of anilines is 1. The lowest BCUT2D eigenvalue weighted by Gasteiger charge is -2.26. The van der Waals surface area contributed by atoms with Crippen molar-refractivity contribution in [1.82, 2.24) is 20.3 Å². The van der Waals surface area contributed by atoms with Crippen LogP contribution in [-0.2, 0) is 20.9 Å². The number of para-hydroxylation sites is 1. The van der Waals surface area contributed by atoms with E-state index in [-0.39, 0.29) is 45.7 Å². The normalized spacial score (nSPS) is 11.4. The standard InChI is InChI=1S/C24H26ClN3O8.C13H9N3O2/c1-13(29)27(5)12-15-10-16(28(34)35)7-9-19(15)36-20(21(30)24(2,3)4)22(31)26-18-11-14(23(32)33)6-8-17(18)25;17-13(18-10-4-2-1-3-5-10)9-6-7-11-12(8-9)15-16-14-11/h6-11,20H,12H2,1-5H3,(H,26,31)(H,32,33);1-8H,(H,14,15,16). The number of hydrogen-bond donors (Lipinski definition) is 3. The number of ketones is 1. The summed E-state index contributed by atoms with van der Waals surface area (Å²) in [4.78, 5) is 73.3. The third-order valence-corrected chi connectivity index (χ3v) is 7.97. The third kappa shape index (κ3) is 10.4. The summed E-state index contributed by atoms with van der Waals surface area (Å²) in [5, 5.41) is 33.3. The number of carboxylic acids is 1. The van der Waals surface area contributed by atoms with Gasteiger partial charge in [0, 0.05) is 43.6 Å². The summed E-state index contributed by atoms with van der Waals surface area (Å²) < 4.78 is 11.0. The zero-order chi connectivity index (χ0) is 39.7. The van der Waals surface area contributed by atoms with Crippen LogP contribution in [0.2, 0.25) is 5.02 Å². The number of carboxylic acid groups (broad SMARTS) is 1. The van der Waals surface area contributed by atoms with Gasteiger partial charge in [-0.05, 0) is 54.6 Å². The largest absolute Gasteiger partial charge is 0.478 e. The lowest BCUT2D eigenvalue weighted by molar-refractivity contribution is -0.385. The van der Waals surface area contributed by atoms with Crippen molar-refractivity contribution in [2.24, 2.45) is 5.41 Å². The van der Waals surface area contributed by atoms with Gasteiger partial charge in [0.15, 0.2) is 5.78 Å². The van der Waals surface area contributed by atoms with E-state index >= 15 is 0 Å². The molecule has 5 aromatic rings. The van der Waals surface area contributed by atoms with Gasteiger partial charge in [0.25, 0.3) is 11.6 Å². The number of fused-ring (bicyclic) bond motifs is 1. The molecule has 17 heteroatoms. The number of nitro benzene ring substituents is 1. The maximum Gasteiger partial charge on any atom is 0.343 e. The fourth-order valence-corrected chi connectivity index (χ4v) is 4.77. The summed E-state index contributed by atoms with van der Waals surface area (Å²) in [6.07, 6.45) is -1.72. The number of Topliss-reactive ketones (excluding diaryl/α,β-unsaturated/α-hetero) is 1. The van der Waals surface area contributed by atoms with E-state index < -0.39 is 40.1 Å². The number of ether oxygens (including phenoxy) is 2. The van der Waals surface area contributed by atoms with Gasteiger partial charge in [-0.3, -0.25) is 24.5 Å². The van der Waals surface area contributed by atoms with Crippen LogP contribution in [-0.4, -0.2) is 73.0 Å². The Morgan fingerprint density at radius 1 is 0.944 bits per heavy atom. The number of carbonyl (C=O) groups excluding carboxylic acids is 4. The highest BCUT2D eigenvalue weighted by Gasteiger charge is 2.37. The molecule has 1 unspecified atom stereocenters. The highest BCUT2D eigenvalue weighted by Crippen LogP contribution is 2.30. The number of aromatic nitrogens is 3. The maximum atomic E-state index is 13.2. The Bertz CT molecular complexity index is 2220. The minimum Gasteiger partial charge on any atom is -0.478 e. The van der Waals surface area contributed by atoms with Crippen LogP contribution in [0, 0.1) is 15.5 Å². The van der Waals surface area contributed by atoms with Crippen molar-refractivity contribution in [1.29, 1.82) is 0 Å². The fourth-order valence-electron chi connectivity index (χ4n) is 4.61. The van der Waals surface area contributed by atoms with Gasteiger partial charge < -0.3 is 24.8 Å². The van der Waals surface area contributed by atoms with Gasteiger partial charge in [-0.1, -0.05) is 50.6 Å². The van der Waals surface area contributed by atoms with Crippen LogP contribution in [0.5, 0.6) is 11.5 Å². The number of nitrogens with one attached hydrogen (secondary N) is 2. The van der Waals surface area contributed by atoms with E-state index in [0.29, 0.717) is 22.3 Å². The Kier molecular flexibility index (Phi) is 12.8. The van der Waals surface area contributed by atoms with Gasteiger partial charge in [-0.2, -0.15) is 15.4 Å². The molecule has 1 atom stereocenters. The van der Waals surface area contributed by atoms with Crippen LogP contribution >= 0.6 is 11.6 Å². The van der Waals surface area contributed by atoms with E-state index in [1.165, 1.54) is 43.1 Å². The molecule has 0 aliphatic heterocycles. The molecule has 0 fully saturated rings. The lowest BCUT2D eigenvalue weighted by atomic mass is 9.87. The summed E-state index contributed by atoms with van der Waals surface area (Å²) in [5.74, 6) is -3.02. The fraction of sp³-hybridized carbons (Fsp3) is 0.216. The number of halogens is 1. The van der Waals surface area contributed by atoms with Crippen molar-refractivity contribution in [2.75, 3.05) is 12.4 Å². The molecule has 0 saturated carbocycles. The van der Waals surface area contributed by atoms with Gasteiger partial charge in [-0.15, -0.1) is 0 Å². The minimum atomic E-state index is -1.72. The number of benzene rings is 4. The molecular formula is C37H35ClN6O10. The average molecular weight is 759 g/mol. The van der Waals surface area contributed by atoms with Crippen LogP contribution in [0.4, 0.5) is 11.4 Å². The number of non-ortho nitro benzene ring substituents is 1. The molecule has 16 nitrogen and oxygen atoms in total. The Hall–Kier alpha value is -6.68. The van der Waals surface area contributed by atoms with Crippen molar-refractivity contribution in [3.8, 4) is 11.5 Å². The average Bonchev–Trinajstić information content (AvgIpc) is 3.60. The predicted octanol–water partition coefficient (Wildman–Crippen LogP) is 6.10.